The molecule has 0 bridgehead atoms. The fourth-order valence-electron chi connectivity index (χ4n) is 2.56. The third kappa shape index (κ3) is 3.12. The Balaban J connectivity index is 2.34. The van der Waals surface area contributed by atoms with Gasteiger partial charge < -0.3 is 10.8 Å². The maximum absolute atomic E-state index is 11.1. The van der Waals surface area contributed by atoms with Crippen LogP contribution in [-0.4, -0.2) is 39.1 Å². The molecule has 6 nitrogen and oxygen atoms in total. The first-order chi connectivity index (χ1) is 9.50. The van der Waals surface area contributed by atoms with E-state index >= 15 is 0 Å². The standard InChI is InChI=1S/C13H17N3O3S/c14-13(20)12(15-7-5-9(17)6-8-15)10-3-1-2-4-11(10)16(18)19/h1-4,9,12,17H,5-8H2,(H2,14,20). The van der Waals surface area contributed by atoms with Crippen LogP contribution in [0.5, 0.6) is 0 Å². The van der Waals surface area contributed by atoms with Gasteiger partial charge in [0.2, 0.25) is 0 Å². The zero-order valence-corrected chi connectivity index (χ0v) is 11.8. The lowest BCUT2D eigenvalue weighted by Gasteiger charge is -2.35. The molecule has 108 valence electrons. The van der Waals surface area contributed by atoms with E-state index in [1.54, 1.807) is 18.2 Å². The number of nitrogens with zero attached hydrogens (tertiary/aromatic N) is 2. The molecule has 2 rings (SSSR count). The van der Waals surface area contributed by atoms with Crippen molar-refractivity contribution >= 4 is 22.9 Å². The number of piperidine rings is 1. The summed E-state index contributed by atoms with van der Waals surface area (Å²) < 4.78 is 0. The lowest BCUT2D eigenvalue weighted by molar-refractivity contribution is -0.385. The quantitative estimate of drug-likeness (QED) is 0.495. The van der Waals surface area contributed by atoms with Gasteiger partial charge in [0.15, 0.2) is 0 Å². The Hall–Kier alpha value is -1.57. The van der Waals surface area contributed by atoms with Crippen LogP contribution in [0.1, 0.15) is 24.4 Å². The SMILES string of the molecule is NC(=S)C(c1ccccc1[N+](=O)[O-])N1CCC(O)CC1. The van der Waals surface area contributed by atoms with E-state index < -0.39 is 11.0 Å². The van der Waals surface area contributed by atoms with Crippen LogP contribution in [0.3, 0.4) is 0 Å². The van der Waals surface area contributed by atoms with Gasteiger partial charge in [-0.05, 0) is 12.8 Å². The minimum Gasteiger partial charge on any atom is -0.393 e. The van der Waals surface area contributed by atoms with E-state index in [1.165, 1.54) is 6.07 Å². The molecule has 0 saturated carbocycles. The fraction of sp³-hybridized carbons (Fsp3) is 0.462. The van der Waals surface area contributed by atoms with E-state index in [-0.39, 0.29) is 16.8 Å². The highest BCUT2D eigenvalue weighted by Gasteiger charge is 2.31. The minimum atomic E-state index is -0.459. The van der Waals surface area contributed by atoms with Crippen LogP contribution in [0.25, 0.3) is 0 Å². The topological polar surface area (TPSA) is 92.6 Å². The zero-order chi connectivity index (χ0) is 14.7. The van der Waals surface area contributed by atoms with Gasteiger partial charge in [0.1, 0.15) is 0 Å². The number of aliphatic hydroxyl groups is 1. The first kappa shape index (κ1) is 14.8. The van der Waals surface area contributed by atoms with Crippen LogP contribution in [-0.2, 0) is 0 Å². The summed E-state index contributed by atoms with van der Waals surface area (Å²) in [6, 6.07) is 6.05. The van der Waals surface area contributed by atoms with Crippen LogP contribution in [0.15, 0.2) is 24.3 Å². The third-order valence-electron chi connectivity index (χ3n) is 3.56. The van der Waals surface area contributed by atoms with Gasteiger partial charge >= 0.3 is 0 Å². The fourth-order valence-corrected chi connectivity index (χ4v) is 2.83. The minimum absolute atomic E-state index is 0.0245. The average Bonchev–Trinajstić information content (AvgIpc) is 2.41. The van der Waals surface area contributed by atoms with E-state index in [2.05, 4.69) is 0 Å². The monoisotopic (exact) mass is 295 g/mol. The molecule has 1 heterocycles. The highest BCUT2D eigenvalue weighted by atomic mass is 32.1. The smallest absolute Gasteiger partial charge is 0.274 e. The number of rotatable bonds is 4. The molecule has 0 spiro atoms. The lowest BCUT2D eigenvalue weighted by Crippen LogP contribution is -2.43. The molecule has 20 heavy (non-hydrogen) atoms. The van der Waals surface area contributed by atoms with Gasteiger partial charge in [-0.25, -0.2) is 0 Å². The molecule has 7 heteroatoms. The number of para-hydroxylation sites is 1. The second kappa shape index (κ2) is 6.25. The van der Waals surface area contributed by atoms with E-state index in [1.807, 2.05) is 4.90 Å². The highest BCUT2D eigenvalue weighted by Crippen LogP contribution is 2.31. The zero-order valence-electron chi connectivity index (χ0n) is 10.9. The van der Waals surface area contributed by atoms with Gasteiger partial charge in [-0.1, -0.05) is 30.4 Å². The van der Waals surface area contributed by atoms with E-state index in [0.29, 0.717) is 31.5 Å². The predicted octanol–water partition coefficient (Wildman–Crippen LogP) is 1.38. The first-order valence-electron chi connectivity index (χ1n) is 6.45. The molecular formula is C13H17N3O3S. The molecule has 1 aliphatic rings. The Bertz CT molecular complexity index is 515. The largest absolute Gasteiger partial charge is 0.393 e. The Morgan fingerprint density at radius 3 is 2.60 bits per heavy atom. The van der Waals surface area contributed by atoms with E-state index in [4.69, 9.17) is 18.0 Å². The molecule has 1 aliphatic heterocycles. The normalized spacial score (nSPS) is 18.6. The molecule has 1 atom stereocenters. The van der Waals surface area contributed by atoms with Crippen molar-refractivity contribution in [3.05, 3.63) is 39.9 Å². The molecular weight excluding hydrogens is 278 g/mol. The van der Waals surface area contributed by atoms with Crippen LogP contribution in [0.2, 0.25) is 0 Å². The summed E-state index contributed by atoms with van der Waals surface area (Å²) in [5.41, 5.74) is 6.35. The van der Waals surface area contributed by atoms with E-state index in [0.717, 1.165) is 0 Å². The second-order valence-corrected chi connectivity index (χ2v) is 5.36. The van der Waals surface area contributed by atoms with Gasteiger partial charge in [-0.3, -0.25) is 15.0 Å². The van der Waals surface area contributed by atoms with Crippen molar-refractivity contribution < 1.29 is 10.0 Å². The number of nitro groups is 1. The first-order valence-corrected chi connectivity index (χ1v) is 6.86. The summed E-state index contributed by atoms with van der Waals surface area (Å²) in [4.78, 5) is 12.9. The van der Waals surface area contributed by atoms with Crippen molar-refractivity contribution in [3.8, 4) is 0 Å². The summed E-state index contributed by atoms with van der Waals surface area (Å²) in [5, 5.41) is 20.7. The van der Waals surface area contributed by atoms with Gasteiger partial charge in [0, 0.05) is 19.2 Å². The molecule has 0 amide bonds. The van der Waals surface area contributed by atoms with E-state index in [9.17, 15) is 15.2 Å². The summed E-state index contributed by atoms with van der Waals surface area (Å²) in [5.74, 6) is 0. The Morgan fingerprint density at radius 1 is 1.45 bits per heavy atom. The Kier molecular flexibility index (Phi) is 4.64. The Labute approximate surface area is 122 Å². The van der Waals surface area contributed by atoms with Crippen molar-refractivity contribution in [2.45, 2.75) is 25.0 Å². The number of thiocarbonyl (C=S) groups is 1. The second-order valence-electron chi connectivity index (χ2n) is 4.89. The summed E-state index contributed by atoms with van der Waals surface area (Å²) in [6.45, 7) is 1.24. The molecule has 3 N–H and O–H groups in total. The predicted molar refractivity (Wildman–Crippen MR) is 79.4 cm³/mol. The number of likely N-dealkylation sites (tertiary alicyclic amines) is 1. The summed E-state index contributed by atoms with van der Waals surface area (Å²) in [7, 11) is 0. The molecule has 1 aromatic rings. The molecule has 0 radical (unpaired) electrons. The van der Waals surface area contributed by atoms with Gasteiger partial charge in [-0.2, -0.15) is 0 Å². The van der Waals surface area contributed by atoms with Crippen LogP contribution >= 0.6 is 12.2 Å². The third-order valence-corrected chi connectivity index (χ3v) is 3.79. The van der Waals surface area contributed by atoms with Crippen molar-refractivity contribution in [1.29, 1.82) is 0 Å². The number of aliphatic hydroxyl groups excluding tert-OH is 1. The van der Waals surface area contributed by atoms with Gasteiger partial charge in [-0.15, -0.1) is 0 Å². The van der Waals surface area contributed by atoms with Gasteiger partial charge in [0.25, 0.3) is 5.69 Å². The Morgan fingerprint density at radius 2 is 2.05 bits per heavy atom. The molecule has 1 aromatic carbocycles. The summed E-state index contributed by atoms with van der Waals surface area (Å²) in [6.07, 6.45) is 0.934. The molecule has 0 aliphatic carbocycles. The van der Waals surface area contributed by atoms with Crippen molar-refractivity contribution in [1.82, 2.24) is 4.90 Å². The van der Waals surface area contributed by atoms with Crippen molar-refractivity contribution in [2.24, 2.45) is 5.73 Å². The number of nitro benzene ring substituents is 1. The van der Waals surface area contributed by atoms with Crippen LogP contribution in [0, 0.1) is 10.1 Å². The number of hydrogen-bond donors (Lipinski definition) is 2. The molecule has 0 aromatic heterocycles. The average molecular weight is 295 g/mol. The number of hydrogen-bond acceptors (Lipinski definition) is 5. The lowest BCUT2D eigenvalue weighted by atomic mass is 9.99. The van der Waals surface area contributed by atoms with Crippen molar-refractivity contribution in [3.63, 3.8) is 0 Å². The van der Waals surface area contributed by atoms with Crippen molar-refractivity contribution in [2.75, 3.05) is 13.1 Å². The number of benzene rings is 1. The number of nitrogens with two attached hydrogens (primary N) is 1. The van der Waals surface area contributed by atoms with Gasteiger partial charge in [0.05, 0.1) is 27.6 Å². The molecule has 1 saturated heterocycles. The molecule has 1 fully saturated rings. The van der Waals surface area contributed by atoms with Crippen LogP contribution < -0.4 is 5.73 Å². The molecule has 1 unspecified atom stereocenters. The maximum atomic E-state index is 11.1. The maximum Gasteiger partial charge on any atom is 0.274 e. The summed E-state index contributed by atoms with van der Waals surface area (Å²) >= 11 is 5.11. The van der Waals surface area contributed by atoms with Crippen LogP contribution in [0.4, 0.5) is 5.69 Å². The highest BCUT2D eigenvalue weighted by molar-refractivity contribution is 7.80.